The zero-order valence-electron chi connectivity index (χ0n) is 15.6. The van der Waals surface area contributed by atoms with E-state index in [4.69, 9.17) is 0 Å². The Morgan fingerprint density at radius 1 is 1.07 bits per heavy atom. The van der Waals surface area contributed by atoms with Gasteiger partial charge in [-0.3, -0.25) is 9.59 Å². The number of carbonyl (C=O) groups excluding carboxylic acids is 2. The van der Waals surface area contributed by atoms with Crippen LogP contribution in [-0.4, -0.2) is 43.9 Å². The Bertz CT molecular complexity index is 654. The number of anilines is 1. The minimum atomic E-state index is -4.45. The van der Waals surface area contributed by atoms with Crippen LogP contribution in [0.4, 0.5) is 18.9 Å². The van der Waals surface area contributed by atoms with Gasteiger partial charge in [0.15, 0.2) is 0 Å². The summed E-state index contributed by atoms with van der Waals surface area (Å²) in [5.41, 5.74) is -0.656. The van der Waals surface area contributed by atoms with Gasteiger partial charge < -0.3 is 15.5 Å². The number of halogens is 3. The number of amides is 2. The van der Waals surface area contributed by atoms with Gasteiger partial charge in [-0.15, -0.1) is 0 Å². The van der Waals surface area contributed by atoms with Crippen LogP contribution in [0.3, 0.4) is 0 Å². The molecule has 8 heteroatoms. The number of nitrogens with zero attached hydrogens (tertiary/aromatic N) is 1. The van der Waals surface area contributed by atoms with Crippen molar-refractivity contribution in [1.82, 2.24) is 10.2 Å². The van der Waals surface area contributed by atoms with Crippen LogP contribution in [0.2, 0.25) is 0 Å². The first-order valence-corrected chi connectivity index (χ1v) is 9.07. The van der Waals surface area contributed by atoms with Crippen molar-refractivity contribution >= 4 is 17.5 Å². The summed E-state index contributed by atoms with van der Waals surface area (Å²) in [4.78, 5) is 26.5. The molecule has 2 N–H and O–H groups in total. The maximum Gasteiger partial charge on any atom is 0.416 e. The fourth-order valence-electron chi connectivity index (χ4n) is 3.18. The molecule has 2 rings (SSSR count). The minimum Gasteiger partial charge on any atom is -0.355 e. The Labute approximate surface area is 157 Å². The second kappa shape index (κ2) is 9.21. The molecule has 0 unspecified atom stereocenters. The average molecular weight is 385 g/mol. The molecule has 1 saturated carbocycles. The van der Waals surface area contributed by atoms with Crippen LogP contribution in [0.15, 0.2) is 24.3 Å². The van der Waals surface area contributed by atoms with E-state index in [-0.39, 0.29) is 29.3 Å². The quantitative estimate of drug-likeness (QED) is 0.791. The summed E-state index contributed by atoms with van der Waals surface area (Å²) in [7, 11) is 3.86. The van der Waals surface area contributed by atoms with Crippen molar-refractivity contribution in [3.63, 3.8) is 0 Å². The fourth-order valence-corrected chi connectivity index (χ4v) is 3.18. The third-order valence-electron chi connectivity index (χ3n) is 4.78. The molecule has 0 bridgehead atoms. The van der Waals surface area contributed by atoms with Crippen molar-refractivity contribution in [2.24, 2.45) is 11.8 Å². The predicted molar refractivity (Wildman–Crippen MR) is 97.1 cm³/mol. The molecule has 0 atom stereocenters. The first-order valence-electron chi connectivity index (χ1n) is 9.07. The maximum atomic E-state index is 12.8. The normalized spacial score (nSPS) is 20.4. The molecule has 0 heterocycles. The van der Waals surface area contributed by atoms with Crippen LogP contribution in [-0.2, 0) is 15.8 Å². The lowest BCUT2D eigenvalue weighted by Gasteiger charge is -2.27. The molecule has 1 fully saturated rings. The molecule has 1 aliphatic carbocycles. The highest BCUT2D eigenvalue weighted by molar-refractivity contribution is 5.92. The lowest BCUT2D eigenvalue weighted by atomic mass is 9.81. The molecule has 1 aromatic carbocycles. The van der Waals surface area contributed by atoms with Gasteiger partial charge in [0.2, 0.25) is 11.8 Å². The number of benzene rings is 1. The summed E-state index contributed by atoms with van der Waals surface area (Å²) < 4.78 is 38.3. The summed E-state index contributed by atoms with van der Waals surface area (Å²) in [6.45, 7) is 1.35. The first-order chi connectivity index (χ1) is 12.7. The van der Waals surface area contributed by atoms with Gasteiger partial charge in [-0.25, -0.2) is 0 Å². The molecule has 2 amide bonds. The predicted octanol–water partition coefficient (Wildman–Crippen LogP) is 3.13. The van der Waals surface area contributed by atoms with Crippen molar-refractivity contribution in [1.29, 1.82) is 0 Å². The van der Waals surface area contributed by atoms with E-state index in [2.05, 4.69) is 10.6 Å². The van der Waals surface area contributed by atoms with Crippen LogP contribution >= 0.6 is 0 Å². The van der Waals surface area contributed by atoms with Gasteiger partial charge >= 0.3 is 6.18 Å². The Kier molecular flexibility index (Phi) is 7.24. The zero-order valence-corrected chi connectivity index (χ0v) is 15.6. The standard InChI is InChI=1S/C19H26F3N3O2/c1-25(2)11-10-23-17(26)13-6-8-14(9-7-13)18(27)24-16-5-3-4-15(12-16)19(20,21)22/h3-5,12-14H,6-11H2,1-2H3,(H,23,26)(H,24,27). The zero-order chi connectivity index (χ0) is 20.0. The summed E-state index contributed by atoms with van der Waals surface area (Å²) in [6.07, 6.45) is -2.13. The fraction of sp³-hybridized carbons (Fsp3) is 0.579. The molecule has 0 radical (unpaired) electrons. The SMILES string of the molecule is CN(C)CCNC(=O)C1CCC(C(=O)Nc2cccc(C(F)(F)F)c2)CC1. The van der Waals surface area contributed by atoms with Gasteiger partial charge in [0.1, 0.15) is 0 Å². The van der Waals surface area contributed by atoms with Gasteiger partial charge in [-0.05, 0) is 58.0 Å². The molecule has 1 aliphatic rings. The molecule has 5 nitrogen and oxygen atoms in total. The van der Waals surface area contributed by atoms with E-state index in [0.717, 1.165) is 18.7 Å². The number of nitrogens with one attached hydrogen (secondary N) is 2. The highest BCUT2D eigenvalue weighted by Crippen LogP contribution is 2.32. The van der Waals surface area contributed by atoms with Crippen LogP contribution in [0, 0.1) is 11.8 Å². The summed E-state index contributed by atoms with van der Waals surface area (Å²) >= 11 is 0. The average Bonchev–Trinajstić information content (AvgIpc) is 2.61. The highest BCUT2D eigenvalue weighted by Gasteiger charge is 2.32. The van der Waals surface area contributed by atoms with Gasteiger partial charge in [0.05, 0.1) is 5.56 Å². The molecular weight excluding hydrogens is 359 g/mol. The smallest absolute Gasteiger partial charge is 0.355 e. The number of hydrogen-bond acceptors (Lipinski definition) is 3. The summed E-state index contributed by atoms with van der Waals surface area (Å²) in [5, 5.41) is 5.47. The van der Waals surface area contributed by atoms with Crippen molar-refractivity contribution < 1.29 is 22.8 Å². The van der Waals surface area contributed by atoms with Crippen LogP contribution in [0.5, 0.6) is 0 Å². The second-order valence-corrected chi connectivity index (χ2v) is 7.21. The Morgan fingerprint density at radius 3 is 2.22 bits per heavy atom. The monoisotopic (exact) mass is 385 g/mol. The Hall–Kier alpha value is -2.09. The number of likely N-dealkylation sites (N-methyl/N-ethyl adjacent to an activating group) is 1. The van der Waals surface area contributed by atoms with E-state index >= 15 is 0 Å². The van der Waals surface area contributed by atoms with Crippen LogP contribution in [0.25, 0.3) is 0 Å². The molecule has 27 heavy (non-hydrogen) atoms. The number of carbonyl (C=O) groups is 2. The first kappa shape index (κ1) is 21.2. The minimum absolute atomic E-state index is 0.00795. The van der Waals surface area contributed by atoms with E-state index in [1.54, 1.807) is 0 Å². The van der Waals surface area contributed by atoms with E-state index in [0.29, 0.717) is 32.2 Å². The molecule has 0 saturated heterocycles. The van der Waals surface area contributed by atoms with E-state index in [1.807, 2.05) is 19.0 Å². The molecular formula is C19H26F3N3O2. The Balaban J connectivity index is 1.82. The van der Waals surface area contributed by atoms with E-state index < -0.39 is 11.7 Å². The molecule has 0 spiro atoms. The van der Waals surface area contributed by atoms with E-state index in [1.165, 1.54) is 12.1 Å². The van der Waals surface area contributed by atoms with Gasteiger partial charge in [0, 0.05) is 30.6 Å². The molecule has 1 aromatic rings. The second-order valence-electron chi connectivity index (χ2n) is 7.21. The topological polar surface area (TPSA) is 61.4 Å². The Morgan fingerprint density at radius 2 is 1.67 bits per heavy atom. The van der Waals surface area contributed by atoms with Gasteiger partial charge in [-0.1, -0.05) is 6.07 Å². The third kappa shape index (κ3) is 6.53. The molecule has 0 aromatic heterocycles. The van der Waals surface area contributed by atoms with Crippen LogP contribution < -0.4 is 10.6 Å². The third-order valence-corrected chi connectivity index (χ3v) is 4.78. The molecule has 150 valence electrons. The van der Waals surface area contributed by atoms with E-state index in [9.17, 15) is 22.8 Å². The summed E-state index contributed by atoms with van der Waals surface area (Å²) in [6, 6.07) is 4.61. The number of rotatable bonds is 6. The van der Waals surface area contributed by atoms with Crippen molar-refractivity contribution in [2.75, 3.05) is 32.5 Å². The van der Waals surface area contributed by atoms with Gasteiger partial charge in [-0.2, -0.15) is 13.2 Å². The summed E-state index contributed by atoms with van der Waals surface area (Å²) in [5.74, 6) is -0.676. The largest absolute Gasteiger partial charge is 0.416 e. The lowest BCUT2D eigenvalue weighted by Crippen LogP contribution is -2.38. The highest BCUT2D eigenvalue weighted by atomic mass is 19.4. The number of hydrogen-bond donors (Lipinski definition) is 2. The van der Waals surface area contributed by atoms with Crippen molar-refractivity contribution in [2.45, 2.75) is 31.9 Å². The number of alkyl halides is 3. The molecule has 0 aliphatic heterocycles. The van der Waals surface area contributed by atoms with Gasteiger partial charge in [0.25, 0.3) is 0 Å². The lowest BCUT2D eigenvalue weighted by molar-refractivity contribution is -0.137. The maximum absolute atomic E-state index is 12.8. The van der Waals surface area contributed by atoms with Crippen molar-refractivity contribution in [3.8, 4) is 0 Å². The van der Waals surface area contributed by atoms with Crippen LogP contribution in [0.1, 0.15) is 31.2 Å². The van der Waals surface area contributed by atoms with Crippen molar-refractivity contribution in [3.05, 3.63) is 29.8 Å².